The molecule has 68 heavy (non-hydrogen) atoms. The van der Waals surface area contributed by atoms with Crippen LogP contribution in [0.3, 0.4) is 0 Å². The predicted octanol–water partition coefficient (Wildman–Crippen LogP) is 14.7. The molecule has 0 aliphatic carbocycles. The molecule has 0 amide bonds. The molecule has 0 radical (unpaired) electrons. The summed E-state index contributed by atoms with van der Waals surface area (Å²) in [6.07, 6.45) is 36.1. The van der Waals surface area contributed by atoms with Crippen LogP contribution < -0.4 is 0 Å². The van der Waals surface area contributed by atoms with Crippen LogP contribution in [0.15, 0.2) is 24.3 Å². The summed E-state index contributed by atoms with van der Waals surface area (Å²) in [6.45, 7) is 9.21. The fraction of sp³-hybridized carbons (Fsp3) is 0.571. The zero-order valence-corrected chi connectivity index (χ0v) is 48.3. The van der Waals surface area contributed by atoms with Gasteiger partial charge >= 0.3 is 433 Å². The Hall–Kier alpha value is -2.64. The van der Waals surface area contributed by atoms with Gasteiger partial charge in [0.1, 0.15) is 0 Å². The van der Waals surface area contributed by atoms with Crippen molar-refractivity contribution < 1.29 is 0 Å². The Bertz CT molecular complexity index is 2710. The minimum absolute atomic E-state index is 0.156. The van der Waals surface area contributed by atoms with Crippen LogP contribution in [0.25, 0.3) is 85.2 Å². The third kappa shape index (κ3) is 12.3. The first kappa shape index (κ1) is 50.3. The SMILES string of the molecule is CCCCCCCCc1cc2c([se]1)-c1nc3nc(nc4[nH]c(nc5[nH]c(nc-2n1)c1[se]c(CCCCCCCC)cc51)c1[se]c(CCCCCCCC)cc41)-c1[se]c(CCCCCCCC)cc1-3. The Morgan fingerprint density at radius 2 is 0.647 bits per heavy atom. The number of nitrogens with zero attached hydrogens (tertiary/aromatic N) is 6. The van der Waals surface area contributed by atoms with E-state index in [1.54, 1.807) is 17.7 Å². The third-order valence-corrected chi connectivity index (χ3v) is 23.9. The van der Waals surface area contributed by atoms with Crippen molar-refractivity contribution in [2.45, 2.75) is 207 Å². The van der Waals surface area contributed by atoms with Crippen molar-refractivity contribution in [3.05, 3.63) is 42.0 Å². The van der Waals surface area contributed by atoms with Crippen molar-refractivity contribution in [1.82, 2.24) is 39.9 Å². The summed E-state index contributed by atoms with van der Waals surface area (Å²) < 4.78 is 11.4. The van der Waals surface area contributed by atoms with Gasteiger partial charge < -0.3 is 0 Å². The number of aryl methyl sites for hydroxylation is 4. The average molecular weight is 1180 g/mol. The van der Waals surface area contributed by atoms with Crippen molar-refractivity contribution in [1.29, 1.82) is 0 Å². The van der Waals surface area contributed by atoms with Gasteiger partial charge in [0.25, 0.3) is 0 Å². The molecule has 7 aromatic heterocycles. The van der Waals surface area contributed by atoms with Crippen molar-refractivity contribution in [2.75, 3.05) is 0 Å². The van der Waals surface area contributed by atoms with Crippen molar-refractivity contribution in [3.63, 3.8) is 0 Å². The van der Waals surface area contributed by atoms with Crippen LogP contribution in [-0.2, 0) is 25.7 Å². The molecule has 0 saturated carbocycles. The molecule has 0 aromatic carbocycles. The zero-order valence-electron chi connectivity index (χ0n) is 41.4. The number of H-pyrrole nitrogens is 2. The second kappa shape index (κ2) is 25.1. The van der Waals surface area contributed by atoms with Crippen molar-refractivity contribution >= 4 is 99.9 Å². The number of nitrogens with one attached hydrogen (secondary N) is 2. The van der Waals surface area contributed by atoms with E-state index >= 15 is 0 Å². The van der Waals surface area contributed by atoms with E-state index in [1.807, 2.05) is 0 Å². The first-order chi connectivity index (χ1) is 33.5. The van der Waals surface area contributed by atoms with Crippen LogP contribution in [-0.4, -0.2) is 97.9 Å². The van der Waals surface area contributed by atoms with Gasteiger partial charge in [0.15, 0.2) is 0 Å². The van der Waals surface area contributed by atoms with E-state index in [0.29, 0.717) is 0 Å². The van der Waals surface area contributed by atoms with Crippen LogP contribution in [0.5, 0.6) is 0 Å². The summed E-state index contributed by atoms with van der Waals surface area (Å²) in [5.41, 5.74) is 6.04. The predicted molar refractivity (Wildman–Crippen MR) is 292 cm³/mol. The molecular formula is C56H74N8Se4. The molecule has 2 aliphatic heterocycles. The first-order valence-electron chi connectivity index (χ1n) is 26.9. The summed E-state index contributed by atoms with van der Waals surface area (Å²) in [5.74, 6) is 3.22. The summed E-state index contributed by atoms with van der Waals surface area (Å²) in [4.78, 5) is 40.4. The molecule has 362 valence electrons. The molecule has 0 spiro atoms. The molecule has 2 aliphatic rings. The van der Waals surface area contributed by atoms with E-state index in [9.17, 15) is 0 Å². The standard InChI is InChI=1S/C56H74N8Se4/c1-5-9-13-17-21-25-29-37-33-41-45(65-37)53-57-49(41)61-54-46-43(35-39(66-46)31-27-23-19-15-11-7-3)51(59-54)63-56-48-44(36-40(68-48)32-28-24-20-16-12-8-4)52(60-56)64-55-47-42(50(58-55)62-53)34-38(67-47)30-26-22-18-14-10-6-2/h33-36H,5-32H2,1-4H3,(H2,57,58,59,60,61,62,63,64). The van der Waals surface area contributed by atoms with Gasteiger partial charge in [-0.1, -0.05) is 0 Å². The monoisotopic (exact) mass is 1180 g/mol. The first-order valence-corrected chi connectivity index (χ1v) is 33.7. The van der Waals surface area contributed by atoms with Gasteiger partial charge in [-0.2, -0.15) is 0 Å². The summed E-state index contributed by atoms with van der Waals surface area (Å²) in [5, 5.41) is 2.45. The molecule has 2 N–H and O–H groups in total. The van der Waals surface area contributed by atoms with E-state index < -0.39 is 0 Å². The molecule has 12 heteroatoms. The summed E-state index contributed by atoms with van der Waals surface area (Å²) in [7, 11) is 0. The molecule has 9 heterocycles. The van der Waals surface area contributed by atoms with Crippen molar-refractivity contribution in [2.24, 2.45) is 0 Å². The van der Waals surface area contributed by atoms with E-state index in [2.05, 4.69) is 61.9 Å². The molecule has 9 rings (SSSR count). The molecule has 7 aromatic rings. The number of fused-ring (bicyclic) bond motifs is 20. The van der Waals surface area contributed by atoms with Gasteiger partial charge in [0.05, 0.1) is 0 Å². The van der Waals surface area contributed by atoms with Gasteiger partial charge in [-0.05, 0) is 0 Å². The summed E-state index contributed by atoms with van der Waals surface area (Å²) >= 11 is 0.683. The Morgan fingerprint density at radius 3 is 1.07 bits per heavy atom. The van der Waals surface area contributed by atoms with Gasteiger partial charge in [-0.3, -0.25) is 0 Å². The maximum atomic E-state index is 5.57. The fourth-order valence-corrected chi connectivity index (χ4v) is 19.5. The Kier molecular flexibility index (Phi) is 18.6. The Morgan fingerprint density at radius 1 is 0.324 bits per heavy atom. The number of rotatable bonds is 28. The average Bonchev–Trinajstić information content (AvgIpc) is 4.22. The number of hydrogen-bond acceptors (Lipinski definition) is 6. The van der Waals surface area contributed by atoms with E-state index in [1.165, 1.54) is 193 Å². The molecule has 8 nitrogen and oxygen atoms in total. The van der Waals surface area contributed by atoms with Crippen molar-refractivity contribution in [3.8, 4) is 43.3 Å². The number of aromatic nitrogens is 8. The number of aromatic amines is 2. The molecule has 0 unspecified atom stereocenters. The van der Waals surface area contributed by atoms with Gasteiger partial charge in [-0.25, -0.2) is 0 Å². The fourth-order valence-electron chi connectivity index (χ4n) is 9.92. The second-order valence-corrected chi connectivity index (χ2v) is 29.0. The van der Waals surface area contributed by atoms with Gasteiger partial charge in [-0.15, -0.1) is 0 Å². The van der Waals surface area contributed by atoms with Gasteiger partial charge in [0, 0.05) is 0 Å². The molecular weight excluding hydrogens is 1100 g/mol. The van der Waals surface area contributed by atoms with Crippen LogP contribution in [0.2, 0.25) is 0 Å². The minimum atomic E-state index is 0.156. The summed E-state index contributed by atoms with van der Waals surface area (Å²) in [6, 6.07) is 9.80. The number of hydrogen-bond donors (Lipinski definition) is 2. The maximum absolute atomic E-state index is 5.57. The topological polar surface area (TPSA) is 109 Å². The Balaban J connectivity index is 1.17. The van der Waals surface area contributed by atoms with Crippen LogP contribution in [0.1, 0.15) is 200 Å². The van der Waals surface area contributed by atoms with Crippen LogP contribution in [0.4, 0.5) is 0 Å². The van der Waals surface area contributed by atoms with Crippen LogP contribution >= 0.6 is 0 Å². The Labute approximate surface area is 429 Å². The van der Waals surface area contributed by atoms with E-state index in [0.717, 1.165) is 71.6 Å². The third-order valence-electron chi connectivity index (χ3n) is 13.8. The van der Waals surface area contributed by atoms with Crippen LogP contribution in [0, 0.1) is 0 Å². The molecule has 0 fully saturated rings. The number of unbranched alkanes of at least 4 members (excludes halogenated alkanes) is 20. The van der Waals surface area contributed by atoms with E-state index in [-0.39, 0.29) is 58.0 Å². The molecule has 0 atom stereocenters. The molecule has 0 saturated heterocycles. The molecule has 8 bridgehead atoms. The van der Waals surface area contributed by atoms with E-state index in [4.69, 9.17) is 29.9 Å². The zero-order chi connectivity index (χ0) is 46.7. The second-order valence-electron chi connectivity index (χ2n) is 19.5. The van der Waals surface area contributed by atoms with Gasteiger partial charge in [0.2, 0.25) is 0 Å². The quantitative estimate of drug-likeness (QED) is 0.0374. The normalized spacial score (nSPS) is 12.3.